The lowest BCUT2D eigenvalue weighted by molar-refractivity contribution is -0.139. The zero-order chi connectivity index (χ0) is 20.8. The van der Waals surface area contributed by atoms with Gasteiger partial charge in [0.05, 0.1) is 24.3 Å². The smallest absolute Gasteiger partial charge is 0.305 e. The molecule has 2 atom stereocenters. The van der Waals surface area contributed by atoms with Gasteiger partial charge in [0.1, 0.15) is 17.3 Å². The molecule has 8 heteroatoms. The number of rotatable bonds is 10. The van der Waals surface area contributed by atoms with Crippen molar-refractivity contribution in [3.8, 4) is 11.4 Å². The number of carboxylic acids is 1. The molecule has 0 radical (unpaired) electrons. The van der Waals surface area contributed by atoms with Gasteiger partial charge in [-0.3, -0.25) is 9.59 Å². The molecular formula is C20H25FN2O5. The Bertz CT molecular complexity index is 817. The summed E-state index contributed by atoms with van der Waals surface area (Å²) >= 11 is 0. The van der Waals surface area contributed by atoms with Crippen LogP contribution < -0.4 is 0 Å². The average molecular weight is 392 g/mol. The predicted octanol–water partition coefficient (Wildman–Crippen LogP) is 2.60. The van der Waals surface area contributed by atoms with Crippen LogP contribution in [-0.4, -0.2) is 49.3 Å². The molecule has 2 rings (SSSR count). The molecule has 0 spiro atoms. The summed E-state index contributed by atoms with van der Waals surface area (Å²) < 4.78 is 15.1. The molecular weight excluding hydrogens is 367 g/mol. The number of halogens is 1. The molecule has 0 aliphatic carbocycles. The van der Waals surface area contributed by atoms with Gasteiger partial charge in [0.25, 0.3) is 0 Å². The highest BCUT2D eigenvalue weighted by Crippen LogP contribution is 2.28. The van der Waals surface area contributed by atoms with Crippen LogP contribution in [-0.2, 0) is 11.3 Å². The summed E-state index contributed by atoms with van der Waals surface area (Å²) in [4.78, 5) is 26.5. The molecule has 28 heavy (non-hydrogen) atoms. The van der Waals surface area contributed by atoms with E-state index in [4.69, 9.17) is 5.11 Å². The molecule has 1 heterocycles. The van der Waals surface area contributed by atoms with Gasteiger partial charge < -0.3 is 19.9 Å². The fraction of sp³-hybridized carbons (Fsp3) is 0.450. The molecule has 0 amide bonds. The first kappa shape index (κ1) is 21.7. The number of aliphatic carboxylic acids is 1. The summed E-state index contributed by atoms with van der Waals surface area (Å²) in [5.41, 5.74) is 1.62. The van der Waals surface area contributed by atoms with E-state index in [2.05, 4.69) is 4.98 Å². The number of carbonyl (C=O) groups is 2. The topological polar surface area (TPSA) is 113 Å². The standard InChI is InChI=1S/C20H25FN2O5/c1-12(2)19-17(11-24)22-20(13-3-5-14(21)6-4-13)23(19)8-7-15(25)9-16(26)10-18(27)28/h3-6,11-12,15-16,25-26H,7-10H2,1-2H3,(H,27,28). The minimum absolute atomic E-state index is 0.0170. The minimum atomic E-state index is -1.14. The number of nitrogens with zero attached hydrogens (tertiary/aromatic N) is 2. The molecule has 0 aliphatic heterocycles. The molecule has 1 aromatic heterocycles. The molecule has 1 aromatic carbocycles. The Hall–Kier alpha value is -2.58. The zero-order valence-electron chi connectivity index (χ0n) is 15.9. The van der Waals surface area contributed by atoms with E-state index in [0.29, 0.717) is 29.9 Å². The van der Waals surface area contributed by atoms with Crippen molar-refractivity contribution in [3.63, 3.8) is 0 Å². The molecule has 0 saturated carbocycles. The van der Waals surface area contributed by atoms with E-state index in [1.165, 1.54) is 12.1 Å². The van der Waals surface area contributed by atoms with Gasteiger partial charge in [-0.1, -0.05) is 13.8 Å². The SMILES string of the molecule is CC(C)c1c(C=O)nc(-c2ccc(F)cc2)n1CCC(O)CC(O)CC(=O)O. The summed E-state index contributed by atoms with van der Waals surface area (Å²) in [5, 5.41) is 28.6. The van der Waals surface area contributed by atoms with E-state index in [1.807, 2.05) is 18.4 Å². The maximum atomic E-state index is 13.3. The molecule has 0 saturated heterocycles. The molecule has 0 aliphatic rings. The molecule has 2 unspecified atom stereocenters. The Morgan fingerprint density at radius 1 is 1.21 bits per heavy atom. The normalized spacial score (nSPS) is 13.5. The zero-order valence-corrected chi connectivity index (χ0v) is 15.9. The maximum absolute atomic E-state index is 13.3. The predicted molar refractivity (Wildman–Crippen MR) is 101 cm³/mol. The van der Waals surface area contributed by atoms with Crippen molar-refractivity contribution >= 4 is 12.3 Å². The lowest BCUT2D eigenvalue weighted by atomic mass is 10.1. The number of aliphatic hydroxyl groups excluding tert-OH is 2. The van der Waals surface area contributed by atoms with Crippen LogP contribution in [0.5, 0.6) is 0 Å². The second kappa shape index (κ2) is 9.57. The first-order chi connectivity index (χ1) is 13.2. The molecule has 0 fully saturated rings. The number of hydrogen-bond acceptors (Lipinski definition) is 5. The number of carbonyl (C=O) groups excluding carboxylic acids is 1. The maximum Gasteiger partial charge on any atom is 0.305 e. The largest absolute Gasteiger partial charge is 0.481 e. The lowest BCUT2D eigenvalue weighted by Crippen LogP contribution is -2.22. The molecule has 3 N–H and O–H groups in total. The van der Waals surface area contributed by atoms with Crippen molar-refractivity contribution in [2.24, 2.45) is 0 Å². The summed E-state index contributed by atoms with van der Waals surface area (Å²) in [6.07, 6.45) is -1.65. The van der Waals surface area contributed by atoms with Crippen LogP contribution in [0.3, 0.4) is 0 Å². The van der Waals surface area contributed by atoms with Gasteiger partial charge in [-0.25, -0.2) is 9.37 Å². The quantitative estimate of drug-likeness (QED) is 0.536. The van der Waals surface area contributed by atoms with Crippen molar-refractivity contribution in [2.75, 3.05) is 0 Å². The van der Waals surface area contributed by atoms with Crippen molar-refractivity contribution in [3.05, 3.63) is 41.5 Å². The molecule has 0 bridgehead atoms. The van der Waals surface area contributed by atoms with Crippen LogP contribution in [0.25, 0.3) is 11.4 Å². The van der Waals surface area contributed by atoms with E-state index < -0.39 is 24.6 Å². The van der Waals surface area contributed by atoms with E-state index in [0.717, 1.165) is 0 Å². The summed E-state index contributed by atoms with van der Waals surface area (Å²) in [7, 11) is 0. The first-order valence-electron chi connectivity index (χ1n) is 9.12. The average Bonchev–Trinajstić information content (AvgIpc) is 2.98. The van der Waals surface area contributed by atoms with Crippen LogP contribution in [0.2, 0.25) is 0 Å². The number of hydrogen-bond donors (Lipinski definition) is 3. The Morgan fingerprint density at radius 2 is 1.86 bits per heavy atom. The Labute approximate surface area is 162 Å². The molecule has 7 nitrogen and oxygen atoms in total. The monoisotopic (exact) mass is 392 g/mol. The highest BCUT2D eigenvalue weighted by atomic mass is 19.1. The molecule has 2 aromatic rings. The minimum Gasteiger partial charge on any atom is -0.481 e. The van der Waals surface area contributed by atoms with Gasteiger partial charge >= 0.3 is 5.97 Å². The third kappa shape index (κ3) is 5.46. The first-order valence-corrected chi connectivity index (χ1v) is 9.12. The third-order valence-electron chi connectivity index (χ3n) is 4.44. The number of benzene rings is 1. The van der Waals surface area contributed by atoms with Gasteiger partial charge in [-0.15, -0.1) is 0 Å². The van der Waals surface area contributed by atoms with E-state index in [-0.39, 0.29) is 30.3 Å². The van der Waals surface area contributed by atoms with Crippen molar-refractivity contribution < 1.29 is 29.3 Å². The van der Waals surface area contributed by atoms with Crippen molar-refractivity contribution in [1.29, 1.82) is 0 Å². The van der Waals surface area contributed by atoms with Crippen LogP contribution >= 0.6 is 0 Å². The Balaban J connectivity index is 2.28. The highest BCUT2D eigenvalue weighted by molar-refractivity contribution is 5.76. The van der Waals surface area contributed by atoms with Crippen LogP contribution in [0, 0.1) is 5.82 Å². The number of aliphatic hydroxyl groups is 2. The van der Waals surface area contributed by atoms with Crippen molar-refractivity contribution in [1.82, 2.24) is 9.55 Å². The van der Waals surface area contributed by atoms with Gasteiger partial charge in [0.2, 0.25) is 0 Å². The van der Waals surface area contributed by atoms with Gasteiger partial charge in [-0.05, 0) is 43.0 Å². The van der Waals surface area contributed by atoms with Crippen LogP contribution in [0.1, 0.15) is 55.2 Å². The summed E-state index contributed by atoms with van der Waals surface area (Å²) in [6.45, 7) is 4.14. The Kier molecular flexibility index (Phi) is 7.42. The number of carboxylic acid groups (broad SMARTS) is 1. The van der Waals surface area contributed by atoms with Crippen LogP contribution in [0.4, 0.5) is 4.39 Å². The second-order valence-corrected chi connectivity index (χ2v) is 7.07. The van der Waals surface area contributed by atoms with E-state index >= 15 is 0 Å². The van der Waals surface area contributed by atoms with E-state index in [1.54, 1.807) is 12.1 Å². The van der Waals surface area contributed by atoms with Crippen LogP contribution in [0.15, 0.2) is 24.3 Å². The van der Waals surface area contributed by atoms with Gasteiger partial charge in [0.15, 0.2) is 6.29 Å². The van der Waals surface area contributed by atoms with E-state index in [9.17, 15) is 24.2 Å². The summed E-state index contributed by atoms with van der Waals surface area (Å²) in [6, 6.07) is 5.75. The lowest BCUT2D eigenvalue weighted by Gasteiger charge is -2.18. The third-order valence-corrected chi connectivity index (χ3v) is 4.44. The second-order valence-electron chi connectivity index (χ2n) is 7.07. The molecule has 152 valence electrons. The fourth-order valence-electron chi connectivity index (χ4n) is 3.22. The fourth-order valence-corrected chi connectivity index (χ4v) is 3.22. The Morgan fingerprint density at radius 3 is 2.39 bits per heavy atom. The summed E-state index contributed by atoms with van der Waals surface area (Å²) in [5.74, 6) is -1.05. The van der Waals surface area contributed by atoms with Gasteiger partial charge in [0, 0.05) is 12.1 Å². The highest BCUT2D eigenvalue weighted by Gasteiger charge is 2.22. The van der Waals surface area contributed by atoms with Gasteiger partial charge in [-0.2, -0.15) is 0 Å². The van der Waals surface area contributed by atoms with Crippen molar-refractivity contribution in [2.45, 2.75) is 57.8 Å². The number of imidazole rings is 1. The number of aromatic nitrogens is 2. The number of aldehydes is 1.